The van der Waals surface area contributed by atoms with E-state index in [2.05, 4.69) is 10.5 Å². The zero-order valence-electron chi connectivity index (χ0n) is 10.3. The number of non-ortho nitro benzene ring substituents is 1. The highest BCUT2D eigenvalue weighted by Crippen LogP contribution is 2.26. The molecule has 0 aliphatic carbocycles. The van der Waals surface area contributed by atoms with Crippen LogP contribution in [-0.2, 0) is 0 Å². The van der Waals surface area contributed by atoms with Crippen LogP contribution in [0, 0.1) is 10.1 Å². The summed E-state index contributed by atoms with van der Waals surface area (Å²) in [5.74, 6) is 0.819. The number of benzene rings is 1. The second-order valence-corrected chi connectivity index (χ2v) is 5.19. The van der Waals surface area contributed by atoms with Gasteiger partial charge in [0.15, 0.2) is 0 Å². The van der Waals surface area contributed by atoms with Crippen LogP contribution >= 0.6 is 11.8 Å². The predicted octanol–water partition coefficient (Wildman–Crippen LogP) is 1.91. The molecular weight excluding hydrogens is 280 g/mol. The van der Waals surface area contributed by atoms with Crippen molar-refractivity contribution in [2.45, 2.75) is 0 Å². The minimum absolute atomic E-state index is 0.00212. The number of carbonyl (C=O) groups excluding carboxylic acids is 1. The van der Waals surface area contributed by atoms with Crippen molar-refractivity contribution in [3.05, 3.63) is 51.0 Å². The van der Waals surface area contributed by atoms with Crippen molar-refractivity contribution in [1.29, 1.82) is 0 Å². The van der Waals surface area contributed by atoms with E-state index in [4.69, 9.17) is 0 Å². The Morgan fingerprint density at radius 3 is 3.10 bits per heavy atom. The number of hydrogen-bond donors (Lipinski definition) is 1. The molecule has 1 aromatic rings. The number of allylic oxidation sites excluding steroid dienone is 1. The van der Waals surface area contributed by atoms with Crippen LogP contribution in [0.5, 0.6) is 0 Å². The van der Waals surface area contributed by atoms with E-state index in [0.717, 1.165) is 5.75 Å². The SMILES string of the molecule is O=C1NN=C(c2cccc([N+](=O)[O-])c2)C2=CSCCN12. The Bertz CT molecular complexity index is 656. The monoisotopic (exact) mass is 290 g/mol. The molecule has 2 amide bonds. The van der Waals surface area contributed by atoms with E-state index >= 15 is 0 Å². The molecule has 102 valence electrons. The molecule has 2 aliphatic heterocycles. The van der Waals surface area contributed by atoms with Crippen LogP contribution in [0.25, 0.3) is 0 Å². The van der Waals surface area contributed by atoms with Crippen LogP contribution in [0.1, 0.15) is 5.56 Å². The smallest absolute Gasteiger partial charge is 0.289 e. The zero-order chi connectivity index (χ0) is 14.1. The first-order chi connectivity index (χ1) is 9.66. The number of rotatable bonds is 2. The first kappa shape index (κ1) is 12.7. The molecule has 0 saturated carbocycles. The van der Waals surface area contributed by atoms with Gasteiger partial charge in [0.05, 0.1) is 10.6 Å². The Balaban J connectivity index is 2.05. The van der Waals surface area contributed by atoms with Crippen molar-refractivity contribution in [2.75, 3.05) is 12.3 Å². The average molecular weight is 290 g/mol. The van der Waals surface area contributed by atoms with Crippen LogP contribution < -0.4 is 5.43 Å². The molecule has 0 saturated heterocycles. The molecule has 0 aromatic heterocycles. The largest absolute Gasteiger partial charge is 0.342 e. The molecule has 1 aromatic carbocycles. The maximum atomic E-state index is 11.7. The van der Waals surface area contributed by atoms with Gasteiger partial charge in [-0.25, -0.2) is 10.2 Å². The van der Waals surface area contributed by atoms with Gasteiger partial charge in [0, 0.05) is 30.0 Å². The Morgan fingerprint density at radius 1 is 1.45 bits per heavy atom. The summed E-state index contributed by atoms with van der Waals surface area (Å²) in [6.07, 6.45) is 0. The van der Waals surface area contributed by atoms with Crippen molar-refractivity contribution < 1.29 is 9.72 Å². The number of fused-ring (bicyclic) bond motifs is 1. The van der Waals surface area contributed by atoms with E-state index in [1.807, 2.05) is 5.41 Å². The van der Waals surface area contributed by atoms with Gasteiger partial charge in [-0.15, -0.1) is 11.8 Å². The Hall–Kier alpha value is -2.35. The fraction of sp³-hybridized carbons (Fsp3) is 0.167. The van der Waals surface area contributed by atoms with Gasteiger partial charge in [-0.05, 0) is 5.41 Å². The lowest BCUT2D eigenvalue weighted by atomic mass is 10.1. The third-order valence-corrected chi connectivity index (χ3v) is 3.81. The number of nitrogens with one attached hydrogen (secondary N) is 1. The predicted molar refractivity (Wildman–Crippen MR) is 75.4 cm³/mol. The van der Waals surface area contributed by atoms with Crippen molar-refractivity contribution >= 4 is 29.2 Å². The van der Waals surface area contributed by atoms with E-state index in [-0.39, 0.29) is 11.7 Å². The summed E-state index contributed by atoms with van der Waals surface area (Å²) in [4.78, 5) is 23.7. The number of nitro groups is 1. The number of thioether (sulfide) groups is 1. The van der Waals surface area contributed by atoms with Gasteiger partial charge in [-0.2, -0.15) is 5.10 Å². The molecule has 1 N–H and O–H groups in total. The maximum absolute atomic E-state index is 11.7. The summed E-state index contributed by atoms with van der Waals surface area (Å²) >= 11 is 1.59. The maximum Gasteiger partial charge on any atom is 0.342 e. The lowest BCUT2D eigenvalue weighted by molar-refractivity contribution is -0.384. The summed E-state index contributed by atoms with van der Waals surface area (Å²) in [7, 11) is 0. The number of nitrogens with zero attached hydrogens (tertiary/aromatic N) is 3. The fourth-order valence-corrected chi connectivity index (χ4v) is 2.86. The van der Waals surface area contributed by atoms with E-state index in [1.165, 1.54) is 12.1 Å². The standard InChI is InChI=1S/C12H10N4O3S/c17-12-14-13-11(10-7-20-5-4-15(10)12)8-2-1-3-9(6-8)16(18)19/h1-3,6-7H,4-5H2,(H,14,17). The van der Waals surface area contributed by atoms with E-state index < -0.39 is 4.92 Å². The highest BCUT2D eigenvalue weighted by Gasteiger charge is 2.29. The number of nitro benzene ring substituents is 1. The van der Waals surface area contributed by atoms with Crippen LogP contribution in [-0.4, -0.2) is 33.9 Å². The number of hydrogen-bond acceptors (Lipinski definition) is 5. The van der Waals surface area contributed by atoms with E-state index in [1.54, 1.807) is 28.8 Å². The summed E-state index contributed by atoms with van der Waals surface area (Å²) in [6, 6.07) is 5.95. The van der Waals surface area contributed by atoms with Gasteiger partial charge < -0.3 is 0 Å². The van der Waals surface area contributed by atoms with Crippen molar-refractivity contribution in [1.82, 2.24) is 10.3 Å². The van der Waals surface area contributed by atoms with E-state index in [9.17, 15) is 14.9 Å². The van der Waals surface area contributed by atoms with Crippen LogP contribution in [0.3, 0.4) is 0 Å². The third kappa shape index (κ3) is 2.14. The molecule has 2 heterocycles. The second-order valence-electron chi connectivity index (χ2n) is 4.21. The summed E-state index contributed by atoms with van der Waals surface area (Å²) in [6.45, 7) is 0.594. The topological polar surface area (TPSA) is 87.8 Å². The third-order valence-electron chi connectivity index (χ3n) is 3.00. The molecule has 2 aliphatic rings. The molecular formula is C12H10N4O3S. The van der Waals surface area contributed by atoms with Gasteiger partial charge in [0.25, 0.3) is 5.69 Å². The van der Waals surface area contributed by atoms with Gasteiger partial charge >= 0.3 is 6.03 Å². The van der Waals surface area contributed by atoms with Crippen LogP contribution in [0.2, 0.25) is 0 Å². The van der Waals surface area contributed by atoms with Crippen molar-refractivity contribution in [3.63, 3.8) is 0 Å². The molecule has 3 rings (SSSR count). The van der Waals surface area contributed by atoms with Gasteiger partial charge in [-0.1, -0.05) is 12.1 Å². The molecule has 8 heteroatoms. The van der Waals surface area contributed by atoms with E-state index in [0.29, 0.717) is 23.5 Å². The Kier molecular flexibility index (Phi) is 3.15. The fourth-order valence-electron chi connectivity index (χ4n) is 2.06. The normalized spacial score (nSPS) is 17.8. The van der Waals surface area contributed by atoms with Crippen molar-refractivity contribution in [3.8, 4) is 0 Å². The van der Waals surface area contributed by atoms with Gasteiger partial charge in [0.2, 0.25) is 0 Å². The molecule has 0 bridgehead atoms. The quantitative estimate of drug-likeness (QED) is 0.665. The summed E-state index contributed by atoms with van der Waals surface area (Å²) in [5.41, 5.74) is 4.27. The molecule has 7 nitrogen and oxygen atoms in total. The lowest BCUT2D eigenvalue weighted by Gasteiger charge is -2.31. The zero-order valence-corrected chi connectivity index (χ0v) is 11.1. The molecule has 0 unspecified atom stereocenters. The molecule has 0 spiro atoms. The minimum Gasteiger partial charge on any atom is -0.289 e. The Labute approximate surface area is 118 Å². The summed E-state index contributed by atoms with van der Waals surface area (Å²) < 4.78 is 0. The molecule has 0 atom stereocenters. The second kappa shape index (κ2) is 4.97. The molecule has 0 radical (unpaired) electrons. The Morgan fingerprint density at radius 2 is 2.30 bits per heavy atom. The minimum atomic E-state index is -0.451. The first-order valence-electron chi connectivity index (χ1n) is 5.89. The number of carbonyl (C=O) groups is 1. The van der Waals surface area contributed by atoms with Crippen molar-refractivity contribution in [2.24, 2.45) is 5.10 Å². The first-order valence-corrected chi connectivity index (χ1v) is 6.94. The molecule has 0 fully saturated rings. The number of urea groups is 1. The molecule has 20 heavy (non-hydrogen) atoms. The van der Waals surface area contributed by atoms with Crippen LogP contribution in [0.4, 0.5) is 10.5 Å². The highest BCUT2D eigenvalue weighted by atomic mass is 32.2. The van der Waals surface area contributed by atoms with Gasteiger partial charge in [-0.3, -0.25) is 15.0 Å². The lowest BCUT2D eigenvalue weighted by Crippen LogP contribution is -2.46. The number of amides is 2. The summed E-state index contributed by atoms with van der Waals surface area (Å²) in [5, 5.41) is 16.7. The average Bonchev–Trinajstić information content (AvgIpc) is 2.48. The highest BCUT2D eigenvalue weighted by molar-refractivity contribution is 8.02. The van der Waals surface area contributed by atoms with Crippen LogP contribution in [0.15, 0.2) is 40.5 Å². The number of hydrazone groups is 1. The van der Waals surface area contributed by atoms with Gasteiger partial charge in [0.1, 0.15) is 5.71 Å².